The zero-order valence-electron chi connectivity index (χ0n) is 10.2. The summed E-state index contributed by atoms with van der Waals surface area (Å²) in [6, 6.07) is 7.51. The molecular formula is C13H13ClN2OS. The predicted molar refractivity (Wildman–Crippen MR) is 75.5 cm³/mol. The minimum atomic E-state index is -0.129. The van der Waals surface area contributed by atoms with Crippen LogP contribution >= 0.6 is 22.9 Å². The molecule has 0 spiro atoms. The van der Waals surface area contributed by atoms with Crippen molar-refractivity contribution in [3.05, 3.63) is 45.4 Å². The number of anilines is 1. The van der Waals surface area contributed by atoms with Gasteiger partial charge in [0.05, 0.1) is 10.7 Å². The molecule has 0 bridgehead atoms. The van der Waals surface area contributed by atoms with Gasteiger partial charge in [0, 0.05) is 11.6 Å². The molecule has 3 nitrogen and oxygen atoms in total. The third kappa shape index (κ3) is 2.71. The van der Waals surface area contributed by atoms with Crippen molar-refractivity contribution in [3.8, 4) is 0 Å². The fourth-order valence-electron chi connectivity index (χ4n) is 1.68. The third-order valence-electron chi connectivity index (χ3n) is 2.52. The highest BCUT2D eigenvalue weighted by Gasteiger charge is 2.14. The number of para-hydroxylation sites is 1. The number of carbonyl (C=O) groups is 1. The van der Waals surface area contributed by atoms with Gasteiger partial charge in [0.1, 0.15) is 4.88 Å². The molecule has 0 aliphatic heterocycles. The number of halogens is 1. The lowest BCUT2D eigenvalue weighted by atomic mass is 10.2. The van der Waals surface area contributed by atoms with Gasteiger partial charge in [-0.3, -0.25) is 4.79 Å². The van der Waals surface area contributed by atoms with Crippen LogP contribution in [-0.4, -0.2) is 10.9 Å². The lowest BCUT2D eigenvalue weighted by Crippen LogP contribution is -2.12. The van der Waals surface area contributed by atoms with Gasteiger partial charge in [-0.15, -0.1) is 22.9 Å². The number of amides is 1. The summed E-state index contributed by atoms with van der Waals surface area (Å²) in [7, 11) is 0. The van der Waals surface area contributed by atoms with E-state index >= 15 is 0 Å². The monoisotopic (exact) mass is 280 g/mol. The number of alkyl halides is 1. The van der Waals surface area contributed by atoms with Crippen molar-refractivity contribution in [2.24, 2.45) is 0 Å². The SMILES string of the molecule is Cc1nc(C)c(C(=O)Nc2ccccc2CCl)s1. The Morgan fingerprint density at radius 3 is 2.72 bits per heavy atom. The maximum absolute atomic E-state index is 12.1. The van der Waals surface area contributed by atoms with Crippen molar-refractivity contribution in [1.82, 2.24) is 4.98 Å². The van der Waals surface area contributed by atoms with E-state index in [1.54, 1.807) is 0 Å². The van der Waals surface area contributed by atoms with Crippen LogP contribution < -0.4 is 5.32 Å². The quantitative estimate of drug-likeness (QED) is 0.870. The maximum atomic E-state index is 12.1. The van der Waals surface area contributed by atoms with Crippen molar-refractivity contribution in [2.45, 2.75) is 19.7 Å². The normalized spacial score (nSPS) is 10.4. The van der Waals surface area contributed by atoms with Gasteiger partial charge in [0.25, 0.3) is 5.91 Å². The minimum Gasteiger partial charge on any atom is -0.321 e. The van der Waals surface area contributed by atoms with Crippen LogP contribution in [0.4, 0.5) is 5.69 Å². The molecule has 1 N–H and O–H groups in total. The van der Waals surface area contributed by atoms with Crippen molar-refractivity contribution >= 4 is 34.5 Å². The first-order valence-electron chi connectivity index (χ1n) is 5.51. The Labute approximate surface area is 115 Å². The third-order valence-corrected chi connectivity index (χ3v) is 3.88. The first-order chi connectivity index (χ1) is 8.61. The van der Waals surface area contributed by atoms with E-state index < -0.39 is 0 Å². The highest BCUT2D eigenvalue weighted by molar-refractivity contribution is 7.13. The second kappa shape index (κ2) is 5.50. The Balaban J connectivity index is 2.24. The minimum absolute atomic E-state index is 0.129. The average molecular weight is 281 g/mol. The lowest BCUT2D eigenvalue weighted by Gasteiger charge is -2.08. The summed E-state index contributed by atoms with van der Waals surface area (Å²) in [5.41, 5.74) is 2.42. The Hall–Kier alpha value is -1.39. The molecule has 0 aliphatic rings. The van der Waals surface area contributed by atoms with Gasteiger partial charge in [0.15, 0.2) is 0 Å². The number of thiazole rings is 1. The molecule has 94 valence electrons. The molecule has 1 amide bonds. The van der Waals surface area contributed by atoms with Crippen LogP contribution in [0.2, 0.25) is 0 Å². The lowest BCUT2D eigenvalue weighted by molar-refractivity contribution is 0.102. The van der Waals surface area contributed by atoms with Crippen LogP contribution in [0.25, 0.3) is 0 Å². The number of aromatic nitrogens is 1. The summed E-state index contributed by atoms with van der Waals surface area (Å²) in [5.74, 6) is 0.243. The van der Waals surface area contributed by atoms with E-state index in [1.807, 2.05) is 38.1 Å². The standard InChI is InChI=1S/C13H13ClN2OS/c1-8-12(18-9(2)15-8)13(17)16-11-6-4-3-5-10(11)7-14/h3-6H,7H2,1-2H3,(H,16,17). The Bertz CT molecular complexity index is 580. The van der Waals surface area contributed by atoms with Crippen LogP contribution in [0.5, 0.6) is 0 Å². The predicted octanol–water partition coefficient (Wildman–Crippen LogP) is 3.75. The number of benzene rings is 1. The zero-order chi connectivity index (χ0) is 13.1. The molecule has 0 unspecified atom stereocenters. The fraction of sp³-hybridized carbons (Fsp3) is 0.231. The largest absolute Gasteiger partial charge is 0.321 e. The fourth-order valence-corrected chi connectivity index (χ4v) is 2.73. The number of hydrogen-bond donors (Lipinski definition) is 1. The van der Waals surface area contributed by atoms with E-state index in [1.165, 1.54) is 11.3 Å². The number of carbonyl (C=O) groups excluding carboxylic acids is 1. The first kappa shape index (κ1) is 13.1. The molecule has 5 heteroatoms. The van der Waals surface area contributed by atoms with Crippen LogP contribution in [0.15, 0.2) is 24.3 Å². The molecule has 0 fully saturated rings. The highest BCUT2D eigenvalue weighted by Crippen LogP contribution is 2.21. The highest BCUT2D eigenvalue weighted by atomic mass is 35.5. The zero-order valence-corrected chi connectivity index (χ0v) is 11.7. The molecule has 2 rings (SSSR count). The van der Waals surface area contributed by atoms with Gasteiger partial charge in [0.2, 0.25) is 0 Å². The van der Waals surface area contributed by atoms with Gasteiger partial charge in [-0.05, 0) is 25.5 Å². The molecule has 2 aromatic rings. The molecule has 0 aliphatic carbocycles. The summed E-state index contributed by atoms with van der Waals surface area (Å²) in [6.07, 6.45) is 0. The Kier molecular flexibility index (Phi) is 3.99. The van der Waals surface area contributed by atoms with Crippen molar-refractivity contribution in [1.29, 1.82) is 0 Å². The molecule has 1 aromatic carbocycles. The molecule has 18 heavy (non-hydrogen) atoms. The number of hydrogen-bond acceptors (Lipinski definition) is 3. The first-order valence-corrected chi connectivity index (χ1v) is 6.86. The van der Waals surface area contributed by atoms with Crippen molar-refractivity contribution in [3.63, 3.8) is 0 Å². The van der Waals surface area contributed by atoms with E-state index in [0.29, 0.717) is 10.8 Å². The van der Waals surface area contributed by atoms with Crippen LogP contribution in [0, 0.1) is 13.8 Å². The van der Waals surface area contributed by atoms with E-state index in [4.69, 9.17) is 11.6 Å². The second-order valence-electron chi connectivity index (χ2n) is 3.89. The number of nitrogens with one attached hydrogen (secondary N) is 1. The summed E-state index contributed by atoms with van der Waals surface area (Å²) < 4.78 is 0. The van der Waals surface area contributed by atoms with Crippen molar-refractivity contribution < 1.29 is 4.79 Å². The topological polar surface area (TPSA) is 42.0 Å². The number of nitrogens with zero attached hydrogens (tertiary/aromatic N) is 1. The number of aryl methyl sites for hydroxylation is 2. The Morgan fingerprint density at radius 1 is 1.39 bits per heavy atom. The van der Waals surface area contributed by atoms with E-state index in [2.05, 4.69) is 10.3 Å². The molecule has 0 radical (unpaired) electrons. The molecular weight excluding hydrogens is 268 g/mol. The maximum Gasteiger partial charge on any atom is 0.267 e. The van der Waals surface area contributed by atoms with Gasteiger partial charge in [-0.1, -0.05) is 18.2 Å². The Morgan fingerprint density at radius 2 is 2.11 bits per heavy atom. The average Bonchev–Trinajstić information content (AvgIpc) is 2.69. The van der Waals surface area contributed by atoms with Gasteiger partial charge in [-0.2, -0.15) is 0 Å². The van der Waals surface area contributed by atoms with Gasteiger partial charge in [-0.25, -0.2) is 4.98 Å². The molecule has 0 saturated heterocycles. The molecule has 1 heterocycles. The van der Waals surface area contributed by atoms with Gasteiger partial charge < -0.3 is 5.32 Å². The van der Waals surface area contributed by atoms with Crippen molar-refractivity contribution in [2.75, 3.05) is 5.32 Å². The smallest absolute Gasteiger partial charge is 0.267 e. The molecule has 1 aromatic heterocycles. The van der Waals surface area contributed by atoms with E-state index in [9.17, 15) is 4.79 Å². The van der Waals surface area contributed by atoms with Gasteiger partial charge >= 0.3 is 0 Å². The summed E-state index contributed by atoms with van der Waals surface area (Å²) >= 11 is 7.23. The summed E-state index contributed by atoms with van der Waals surface area (Å²) in [4.78, 5) is 17.0. The van der Waals surface area contributed by atoms with Crippen LogP contribution in [-0.2, 0) is 5.88 Å². The second-order valence-corrected chi connectivity index (χ2v) is 5.36. The molecule has 0 atom stereocenters. The number of rotatable bonds is 3. The van der Waals surface area contributed by atoms with Crippen LogP contribution in [0.1, 0.15) is 25.9 Å². The van der Waals surface area contributed by atoms with E-state index in [0.717, 1.165) is 22.0 Å². The molecule has 0 saturated carbocycles. The van der Waals surface area contributed by atoms with E-state index in [-0.39, 0.29) is 5.91 Å². The van der Waals surface area contributed by atoms with Crippen LogP contribution in [0.3, 0.4) is 0 Å². The summed E-state index contributed by atoms with van der Waals surface area (Å²) in [6.45, 7) is 3.73. The summed E-state index contributed by atoms with van der Waals surface area (Å²) in [5, 5.41) is 3.77.